The van der Waals surface area contributed by atoms with Gasteiger partial charge in [0, 0.05) is 85.7 Å². The zero-order chi connectivity index (χ0) is 88.2. The second kappa shape index (κ2) is 48.3. The Kier molecular flexibility index (Phi) is 40.9. The van der Waals surface area contributed by atoms with Crippen LogP contribution in [0.5, 0.6) is 23.0 Å². The van der Waals surface area contributed by atoms with E-state index in [4.69, 9.17) is 69.8 Å². The van der Waals surface area contributed by atoms with Crippen molar-refractivity contribution >= 4 is 150 Å². The number of hydrogen-bond acceptors (Lipinski definition) is 24. The molecule has 0 bridgehead atoms. The van der Waals surface area contributed by atoms with Gasteiger partial charge in [-0.3, -0.25) is 14.4 Å². The second-order valence-electron chi connectivity index (χ2n) is 31.1. The maximum Gasteiger partial charge on any atom is 0.319 e. The van der Waals surface area contributed by atoms with Gasteiger partial charge in [0.25, 0.3) is 0 Å². The third-order valence-corrected chi connectivity index (χ3v) is 31.0. The van der Waals surface area contributed by atoms with Crippen molar-refractivity contribution < 1.29 is 147 Å². The van der Waals surface area contributed by atoms with Crippen molar-refractivity contribution in [3.05, 3.63) is 178 Å². The van der Waals surface area contributed by atoms with Crippen molar-refractivity contribution in [2.45, 2.75) is 213 Å². The fraction of sp³-hybridized carbons (Fsp3) is 0.437. The molecule has 4 heterocycles. The number of hydrogen-bond donors (Lipinski definition) is 13. The topological polar surface area (TPSA) is 512 Å². The van der Waals surface area contributed by atoms with Crippen LogP contribution in [0, 0.1) is 32.6 Å². The molecule has 8 aromatic rings. The van der Waals surface area contributed by atoms with Gasteiger partial charge in [-0.25, -0.2) is 52.8 Å². The van der Waals surface area contributed by atoms with Crippen LogP contribution >= 0.6 is 46.4 Å². The summed E-state index contributed by atoms with van der Waals surface area (Å²) >= 11 is 24.2. The molecule has 8 amide bonds. The molecule has 42 heteroatoms. The van der Waals surface area contributed by atoms with E-state index in [9.17, 15) is 87.7 Å². The number of carbonyl (C=O) groups is 7. The van der Waals surface area contributed by atoms with E-state index in [1.54, 1.807) is 25.1 Å². The number of aromatic hydroxyl groups is 4. The van der Waals surface area contributed by atoms with Gasteiger partial charge in [0.1, 0.15) is 60.0 Å². The molecule has 3 fully saturated rings. The second-order valence-corrected chi connectivity index (χ2v) is 40.9. The van der Waals surface area contributed by atoms with Crippen LogP contribution in [0.2, 0.25) is 20.1 Å². The first-order valence-electron chi connectivity index (χ1n) is 40.4. The number of ketones is 3. The number of fused-ring (bicyclic) bond motifs is 4. The predicted molar refractivity (Wildman–Crippen MR) is 483 cm³/mol. The Balaban J connectivity index is 0.000000262. The predicted octanol–water partition coefficient (Wildman–Crippen LogP) is 17.8. The number of furan rings is 4. The van der Waals surface area contributed by atoms with Crippen molar-refractivity contribution in [1.29, 1.82) is 0 Å². The SMILES string of the molecule is C.C.NCCS(=O)(=O)c1c(Cl)ccc(NC(=O)NC2CCCc3ccoc32)c1O.O=C(Nc1ccc(Cl)c(S(=O)(=O)CCCC(=O)C2CC2)c1O)NC1CCCc2ccoc21.O=C(Nc1ccc(Cl)c(S(=O)(=O)CCCC(=O)C2CC2)c1O)N[C@@H]1CCCc2ccoc21.O=C(Nc1ccc(Cl)c(S(=O)(=O)CCCC(=O)C2CC2)c1O)N[C@H]1CCCc2ccoc21.[CH3-].[CH3-].[W].[W]. The summed E-state index contributed by atoms with van der Waals surface area (Å²) in [7, 11) is -15.8. The standard InChI is InChI=1S/3C22H25ClN2O6S.C17H20ClN3O5S.2CH4.2CH3.2W/c3*23-15-8-9-16(24-22(28)25-17-4-1-3-14-10-11-31-20(14)17)19(27)21(15)32(29,30)12-2-5-18(26)13-6-7-13;18-11-4-5-12(14(22)16(11)27(24,25)9-7-19)20-17(23)21-13-3-1-2-10-6-8-26-15(10)13;;;;;;/h3*8-11,13,17,27H,1-7,12H2,(H2,24,25,28);4-6,8,13,22H,1-3,7,9,19H2,(H2,20,21,23);2*1H4;2*1H3;;/q;;;;;;2*-1;;/t2*17-;;;;;;;;/m10......../s1. The molecule has 0 aliphatic heterocycles. The minimum absolute atomic E-state index is 0. The summed E-state index contributed by atoms with van der Waals surface area (Å²) in [6, 6.07) is 14.5. The Morgan fingerprint density at radius 1 is 0.341 bits per heavy atom. The summed E-state index contributed by atoms with van der Waals surface area (Å²) in [5.41, 5.74) is 9.21. The summed E-state index contributed by atoms with van der Waals surface area (Å²) in [5, 5.41) is 62.7. The van der Waals surface area contributed by atoms with Gasteiger partial charge in [0.15, 0.2) is 62.3 Å². The molecule has 2 unspecified atom stereocenters. The van der Waals surface area contributed by atoms with Gasteiger partial charge in [-0.15, -0.1) is 0 Å². The minimum Gasteiger partial charge on any atom is -0.504 e. The fourth-order valence-corrected chi connectivity index (χ4v) is 23.0. The van der Waals surface area contributed by atoms with Gasteiger partial charge in [-0.2, -0.15) is 0 Å². The summed E-state index contributed by atoms with van der Waals surface area (Å²) in [4.78, 5) is 83.7. The van der Waals surface area contributed by atoms with E-state index >= 15 is 0 Å². The number of aryl methyl sites for hydroxylation is 4. The number of urea groups is 4. The van der Waals surface area contributed by atoms with Gasteiger partial charge >= 0.3 is 24.1 Å². The van der Waals surface area contributed by atoms with Gasteiger partial charge in [-0.1, -0.05) is 61.3 Å². The number of Topliss-reactive ketones (excluding diaryl/α,β-unsaturated/α-hetero) is 3. The molecule has 4 atom stereocenters. The first kappa shape index (κ1) is 109. The van der Waals surface area contributed by atoms with Crippen molar-refractivity contribution in [2.75, 3.05) is 50.8 Å². The van der Waals surface area contributed by atoms with Gasteiger partial charge in [0.05, 0.1) is 115 Å². The number of nitrogens with two attached hydrogens (primary N) is 1. The molecule has 7 aliphatic rings. The Bertz CT molecular complexity index is 5350. The van der Waals surface area contributed by atoms with Crippen LogP contribution in [0.4, 0.5) is 41.9 Å². The number of sulfone groups is 4. The number of anilines is 4. The zero-order valence-corrected chi connectivity index (χ0v) is 81.5. The van der Waals surface area contributed by atoms with E-state index < -0.39 is 106 Å². The molecule has 4 aromatic carbocycles. The molecular formula is C87H109Cl4N9O23S4W2-2. The van der Waals surface area contributed by atoms with Crippen molar-refractivity contribution in [3.63, 3.8) is 0 Å². The van der Waals surface area contributed by atoms with Gasteiger partial charge in [0.2, 0.25) is 0 Å². The number of benzene rings is 4. The molecule has 0 saturated heterocycles. The van der Waals surface area contributed by atoms with Crippen molar-refractivity contribution in [3.8, 4) is 23.0 Å². The largest absolute Gasteiger partial charge is 0.504 e. The average molecular weight is 2290 g/mol. The van der Waals surface area contributed by atoms with Crippen LogP contribution in [0.3, 0.4) is 0 Å². The smallest absolute Gasteiger partial charge is 0.319 e. The normalized spacial score (nSPS) is 16.9. The van der Waals surface area contributed by atoms with Crippen molar-refractivity contribution in [2.24, 2.45) is 23.5 Å². The summed E-state index contributed by atoms with van der Waals surface area (Å²) in [6.07, 6.45) is 22.6. The first-order valence-corrected chi connectivity index (χ1v) is 48.5. The van der Waals surface area contributed by atoms with E-state index in [0.717, 1.165) is 119 Å². The quantitative estimate of drug-likeness (QED) is 0.0153. The maximum absolute atomic E-state index is 12.8. The van der Waals surface area contributed by atoms with E-state index in [1.165, 1.54) is 48.5 Å². The minimum atomic E-state index is -3.96. The van der Waals surface area contributed by atoms with E-state index in [2.05, 4.69) is 42.5 Å². The van der Waals surface area contributed by atoms with E-state index in [0.29, 0.717) is 42.3 Å². The third kappa shape index (κ3) is 28.3. The number of carbonyl (C=O) groups excluding carboxylic acids is 7. The molecule has 15 rings (SSSR count). The van der Waals surface area contributed by atoms with Crippen LogP contribution in [0.25, 0.3) is 0 Å². The number of phenolic OH excluding ortho intramolecular Hbond substituents is 4. The van der Waals surface area contributed by atoms with E-state index in [-0.39, 0.29) is 242 Å². The molecule has 0 spiro atoms. The number of amides is 8. The van der Waals surface area contributed by atoms with Crippen LogP contribution < -0.4 is 48.3 Å². The number of nitrogens with one attached hydrogen (secondary N) is 8. The molecule has 32 nitrogen and oxygen atoms in total. The Labute approximate surface area is 800 Å². The molecular weight excluding hydrogens is 2180 g/mol. The maximum atomic E-state index is 12.8. The van der Waals surface area contributed by atoms with Crippen LogP contribution in [0.15, 0.2) is 135 Å². The monoisotopic (exact) mass is 2280 g/mol. The molecule has 3 saturated carbocycles. The molecule has 14 N–H and O–H groups in total. The summed E-state index contributed by atoms with van der Waals surface area (Å²) in [5.74, 6) is -0.562. The fourth-order valence-electron chi connectivity index (χ4n) is 15.2. The van der Waals surface area contributed by atoms with Crippen LogP contribution in [-0.4, -0.2) is 125 Å². The van der Waals surface area contributed by atoms with Gasteiger partial charge in [-0.05, 0) is 230 Å². The Morgan fingerprint density at radius 2 is 0.550 bits per heavy atom. The zero-order valence-electron chi connectivity index (χ0n) is 69.4. The van der Waals surface area contributed by atoms with Crippen LogP contribution in [0.1, 0.15) is 213 Å². The number of rotatable bonds is 29. The Morgan fingerprint density at radius 3 is 0.752 bits per heavy atom. The van der Waals surface area contributed by atoms with E-state index in [1.807, 2.05) is 24.3 Å². The van der Waals surface area contributed by atoms with Crippen molar-refractivity contribution in [1.82, 2.24) is 21.3 Å². The molecule has 4 aromatic heterocycles. The summed E-state index contributed by atoms with van der Waals surface area (Å²) < 4.78 is 123. The number of phenols is 4. The third-order valence-electron chi connectivity index (χ3n) is 21.9. The molecule has 706 valence electrons. The number of halogens is 4. The Hall–Kier alpha value is -8.41. The average Bonchev–Trinajstić information content (AvgIpc) is 1.74. The molecule has 129 heavy (non-hydrogen) atoms. The summed E-state index contributed by atoms with van der Waals surface area (Å²) in [6.45, 7) is -0.122. The molecule has 0 radical (unpaired) electrons. The first-order chi connectivity index (χ1) is 58.6. The molecule has 7 aliphatic carbocycles. The van der Waals surface area contributed by atoms with Gasteiger partial charge < -0.3 is 101 Å². The van der Waals surface area contributed by atoms with Crippen LogP contribution in [-0.2, 0) is 122 Å².